The lowest BCUT2D eigenvalue weighted by Crippen LogP contribution is -2.20. The number of hydrogen-bond acceptors (Lipinski definition) is 6. The van der Waals surface area contributed by atoms with Crippen molar-refractivity contribution in [2.45, 2.75) is 11.3 Å². The van der Waals surface area contributed by atoms with Gasteiger partial charge in [0.2, 0.25) is 0 Å². The van der Waals surface area contributed by atoms with Gasteiger partial charge in [-0.3, -0.25) is 4.72 Å². The first-order chi connectivity index (χ1) is 17.7. The van der Waals surface area contributed by atoms with Gasteiger partial charge in [0.25, 0.3) is 10.0 Å². The number of carbonyl (C=O) groups is 1. The number of thiophene rings is 1. The monoisotopic (exact) mass is 571 g/mol. The smallest absolute Gasteiger partial charge is 0.340 e. The standard InChI is InChI=1S/C26H22ClN3O4S3/c1-34-25(31)23-16-21(15-17-5-3-2-4-6-17)36-24(23)29-26(35)28-19-11-13-22(14-12-19)37(32,33)30-20-9-7-18(27)8-10-20/h2-14,16,30H,15H2,1H3,(H2,28,29,35). The van der Waals surface area contributed by atoms with E-state index in [-0.39, 0.29) is 10.0 Å². The number of methoxy groups -OCH3 is 1. The first kappa shape index (κ1) is 26.6. The van der Waals surface area contributed by atoms with E-state index >= 15 is 0 Å². The molecule has 0 radical (unpaired) electrons. The maximum absolute atomic E-state index is 12.7. The lowest BCUT2D eigenvalue weighted by Gasteiger charge is -2.12. The van der Waals surface area contributed by atoms with Crippen molar-refractivity contribution in [3.8, 4) is 0 Å². The minimum Gasteiger partial charge on any atom is -0.465 e. The van der Waals surface area contributed by atoms with Crippen LogP contribution in [-0.4, -0.2) is 26.6 Å². The van der Waals surface area contributed by atoms with E-state index in [0.717, 1.165) is 10.4 Å². The van der Waals surface area contributed by atoms with Crippen LogP contribution in [0, 0.1) is 0 Å². The van der Waals surface area contributed by atoms with Gasteiger partial charge in [0.05, 0.1) is 17.6 Å². The molecule has 0 aliphatic heterocycles. The molecule has 1 heterocycles. The predicted octanol–water partition coefficient (Wildman–Crippen LogP) is 6.39. The van der Waals surface area contributed by atoms with Gasteiger partial charge in [-0.1, -0.05) is 41.9 Å². The largest absolute Gasteiger partial charge is 0.465 e. The van der Waals surface area contributed by atoms with Crippen LogP contribution in [0.15, 0.2) is 89.8 Å². The van der Waals surface area contributed by atoms with Gasteiger partial charge in [0, 0.05) is 27.7 Å². The van der Waals surface area contributed by atoms with Crippen LogP contribution < -0.4 is 15.4 Å². The molecule has 0 saturated heterocycles. The van der Waals surface area contributed by atoms with Crippen molar-refractivity contribution >= 4 is 72.6 Å². The molecule has 11 heteroatoms. The Morgan fingerprint density at radius 1 is 0.946 bits per heavy atom. The summed E-state index contributed by atoms with van der Waals surface area (Å²) < 4.78 is 32.8. The molecule has 0 aliphatic rings. The molecule has 3 N–H and O–H groups in total. The van der Waals surface area contributed by atoms with Crippen molar-refractivity contribution in [1.82, 2.24) is 0 Å². The van der Waals surface area contributed by atoms with E-state index in [9.17, 15) is 13.2 Å². The summed E-state index contributed by atoms with van der Waals surface area (Å²) in [5.41, 5.74) is 2.48. The minimum absolute atomic E-state index is 0.0867. The second-order valence-electron chi connectivity index (χ2n) is 7.83. The van der Waals surface area contributed by atoms with E-state index in [1.807, 2.05) is 30.3 Å². The number of thiocarbonyl (C=S) groups is 1. The van der Waals surface area contributed by atoms with Crippen LogP contribution in [0.4, 0.5) is 16.4 Å². The van der Waals surface area contributed by atoms with E-state index in [0.29, 0.717) is 33.4 Å². The van der Waals surface area contributed by atoms with Crippen molar-refractivity contribution in [2.24, 2.45) is 0 Å². The topological polar surface area (TPSA) is 96.5 Å². The Kier molecular flexibility index (Phi) is 8.45. The highest BCUT2D eigenvalue weighted by Gasteiger charge is 2.18. The summed E-state index contributed by atoms with van der Waals surface area (Å²) in [7, 11) is -2.45. The van der Waals surface area contributed by atoms with Gasteiger partial charge in [0.1, 0.15) is 5.00 Å². The fourth-order valence-corrected chi connectivity index (χ4v) is 5.95. The second-order valence-corrected chi connectivity index (χ2v) is 11.5. The Balaban J connectivity index is 1.43. The fraction of sp³-hybridized carbons (Fsp3) is 0.0769. The zero-order chi connectivity index (χ0) is 26.4. The number of carbonyl (C=O) groups excluding carboxylic acids is 1. The van der Waals surface area contributed by atoms with Gasteiger partial charge in [-0.05, 0) is 72.4 Å². The molecule has 4 aromatic rings. The molecule has 1 aromatic heterocycles. The van der Waals surface area contributed by atoms with Crippen LogP contribution in [0.3, 0.4) is 0 Å². The zero-order valence-corrected chi connectivity index (χ0v) is 22.7. The van der Waals surface area contributed by atoms with Gasteiger partial charge < -0.3 is 15.4 Å². The number of benzene rings is 3. The second kappa shape index (κ2) is 11.7. The molecular weight excluding hydrogens is 550 g/mol. The van der Waals surface area contributed by atoms with Gasteiger partial charge in [-0.15, -0.1) is 11.3 Å². The SMILES string of the molecule is COC(=O)c1cc(Cc2ccccc2)sc1NC(=S)Nc1ccc(S(=O)(=O)Nc2ccc(Cl)cc2)cc1. The highest BCUT2D eigenvalue weighted by Crippen LogP contribution is 2.31. The molecule has 7 nitrogen and oxygen atoms in total. The molecule has 0 unspecified atom stereocenters. The highest BCUT2D eigenvalue weighted by molar-refractivity contribution is 7.92. The number of esters is 1. The van der Waals surface area contributed by atoms with Crippen LogP contribution in [0.2, 0.25) is 5.02 Å². The summed E-state index contributed by atoms with van der Waals surface area (Å²) in [4.78, 5) is 13.4. The third-order valence-electron chi connectivity index (χ3n) is 5.16. The summed E-state index contributed by atoms with van der Waals surface area (Å²) in [6.07, 6.45) is 0.664. The van der Waals surface area contributed by atoms with E-state index in [2.05, 4.69) is 15.4 Å². The predicted molar refractivity (Wildman–Crippen MR) is 153 cm³/mol. The quantitative estimate of drug-likeness (QED) is 0.167. The van der Waals surface area contributed by atoms with Gasteiger partial charge >= 0.3 is 5.97 Å². The lowest BCUT2D eigenvalue weighted by atomic mass is 10.1. The van der Waals surface area contributed by atoms with Gasteiger partial charge in [0.15, 0.2) is 5.11 Å². The molecule has 0 amide bonds. The molecule has 0 aliphatic carbocycles. The van der Waals surface area contributed by atoms with Gasteiger partial charge in [-0.25, -0.2) is 13.2 Å². The molecule has 0 spiro atoms. The zero-order valence-electron chi connectivity index (χ0n) is 19.5. The van der Waals surface area contributed by atoms with Crippen molar-refractivity contribution in [2.75, 3.05) is 22.5 Å². The number of sulfonamides is 1. The average molecular weight is 572 g/mol. The Morgan fingerprint density at radius 3 is 2.24 bits per heavy atom. The first-order valence-corrected chi connectivity index (χ1v) is 14.0. The summed E-state index contributed by atoms with van der Waals surface area (Å²) in [5, 5.41) is 7.38. The molecule has 37 heavy (non-hydrogen) atoms. The third-order valence-corrected chi connectivity index (χ3v) is 8.06. The average Bonchev–Trinajstić information content (AvgIpc) is 3.27. The van der Waals surface area contributed by atoms with Crippen LogP contribution in [0.5, 0.6) is 0 Å². The molecule has 0 saturated carbocycles. The van der Waals surface area contributed by atoms with Crippen molar-refractivity contribution < 1.29 is 17.9 Å². The van der Waals surface area contributed by atoms with Crippen LogP contribution in [-0.2, 0) is 21.2 Å². The number of ether oxygens (including phenoxy) is 1. The molecule has 0 atom stereocenters. The molecule has 3 aromatic carbocycles. The maximum Gasteiger partial charge on any atom is 0.340 e. The minimum atomic E-state index is -3.78. The van der Waals surface area contributed by atoms with Crippen molar-refractivity contribution in [1.29, 1.82) is 0 Å². The maximum atomic E-state index is 12.7. The van der Waals surface area contributed by atoms with Crippen molar-refractivity contribution in [3.05, 3.63) is 106 Å². The Hall–Kier alpha value is -3.44. The highest BCUT2D eigenvalue weighted by atomic mass is 35.5. The molecule has 190 valence electrons. The lowest BCUT2D eigenvalue weighted by molar-refractivity contribution is 0.0602. The van der Waals surface area contributed by atoms with E-state index in [4.69, 9.17) is 28.6 Å². The Bertz CT molecular complexity index is 1510. The first-order valence-electron chi connectivity index (χ1n) is 10.9. The van der Waals surface area contributed by atoms with Crippen LogP contribution in [0.25, 0.3) is 0 Å². The Morgan fingerprint density at radius 2 is 1.59 bits per heavy atom. The normalized spacial score (nSPS) is 11.0. The van der Waals surface area contributed by atoms with Gasteiger partial charge in [-0.2, -0.15) is 0 Å². The van der Waals surface area contributed by atoms with E-state index in [1.165, 1.54) is 30.6 Å². The van der Waals surface area contributed by atoms with Crippen molar-refractivity contribution in [3.63, 3.8) is 0 Å². The number of halogens is 1. The van der Waals surface area contributed by atoms with Crippen LogP contribution in [0.1, 0.15) is 20.8 Å². The summed E-state index contributed by atoms with van der Waals surface area (Å²) >= 11 is 12.7. The summed E-state index contributed by atoms with van der Waals surface area (Å²) in [6, 6.07) is 24.2. The summed E-state index contributed by atoms with van der Waals surface area (Å²) in [5.74, 6) is -0.469. The number of nitrogens with one attached hydrogen (secondary N) is 3. The molecular formula is C26H22ClN3O4S3. The molecule has 4 rings (SSSR count). The third kappa shape index (κ3) is 7.07. The number of rotatable bonds is 8. The number of hydrogen-bond donors (Lipinski definition) is 3. The van der Waals surface area contributed by atoms with E-state index < -0.39 is 16.0 Å². The molecule has 0 fully saturated rings. The summed E-state index contributed by atoms with van der Waals surface area (Å²) in [6.45, 7) is 0. The molecule has 0 bridgehead atoms. The van der Waals surface area contributed by atoms with E-state index in [1.54, 1.807) is 42.5 Å². The number of anilines is 3. The fourth-order valence-electron chi connectivity index (χ4n) is 3.40. The Labute approximate surface area is 229 Å². The van der Waals surface area contributed by atoms with Crippen LogP contribution >= 0.6 is 35.2 Å².